The van der Waals surface area contributed by atoms with Gasteiger partial charge in [-0.1, -0.05) is 61.3 Å². The molecule has 0 aliphatic carbocycles. The third kappa shape index (κ3) is 13.4. The molecule has 1 aromatic heterocycles. The van der Waals surface area contributed by atoms with Crippen LogP contribution in [0, 0.1) is 17.8 Å². The summed E-state index contributed by atoms with van der Waals surface area (Å²) in [5.74, 6) is -3.04. The predicted octanol–water partition coefficient (Wildman–Crippen LogP) is 0.758. The van der Waals surface area contributed by atoms with Gasteiger partial charge in [-0.3, -0.25) is 28.8 Å². The molecule has 5 amide bonds. The van der Waals surface area contributed by atoms with Crippen molar-refractivity contribution >= 4 is 29.5 Å². The lowest BCUT2D eigenvalue weighted by Crippen LogP contribution is -2.58. The van der Waals surface area contributed by atoms with E-state index >= 15 is 0 Å². The van der Waals surface area contributed by atoms with Crippen molar-refractivity contribution < 1.29 is 29.1 Å². The van der Waals surface area contributed by atoms with Crippen LogP contribution in [0.25, 0.3) is 0 Å². The quantitative estimate of drug-likeness (QED) is 0.115. The smallest absolute Gasteiger partial charge is 0.272 e. The van der Waals surface area contributed by atoms with Gasteiger partial charge >= 0.3 is 0 Å². The second-order valence-electron chi connectivity index (χ2n) is 12.2. The average molecular weight is 636 g/mol. The van der Waals surface area contributed by atoms with E-state index < -0.39 is 59.5 Å². The maximum atomic E-state index is 13.5. The van der Waals surface area contributed by atoms with Crippen LogP contribution in [0.1, 0.15) is 98.0 Å². The Bertz CT molecular complexity index is 1170. The van der Waals surface area contributed by atoms with Gasteiger partial charge in [-0.25, -0.2) is 4.98 Å². The number of likely N-dealkylation sites (N-methyl/N-ethyl adjacent to an activating group) is 1. The molecule has 0 aliphatic rings. The van der Waals surface area contributed by atoms with Crippen LogP contribution in [0.3, 0.4) is 0 Å². The first-order valence-corrected chi connectivity index (χ1v) is 15.9. The molecule has 1 heterocycles. The summed E-state index contributed by atoms with van der Waals surface area (Å²) in [6, 6.07) is -3.55. The summed E-state index contributed by atoms with van der Waals surface area (Å²) in [5, 5.41) is 24.6. The van der Waals surface area contributed by atoms with Crippen molar-refractivity contribution in [1.29, 1.82) is 0 Å². The first kappa shape index (κ1) is 39.2. The summed E-state index contributed by atoms with van der Waals surface area (Å²) < 4.78 is 0. The molecule has 14 heteroatoms. The highest BCUT2D eigenvalue weighted by Crippen LogP contribution is 2.14. The van der Waals surface area contributed by atoms with Gasteiger partial charge in [0.05, 0.1) is 24.8 Å². The lowest BCUT2D eigenvalue weighted by Gasteiger charge is -2.30. The molecule has 0 aliphatic heterocycles. The Labute approximate surface area is 265 Å². The molecule has 6 atom stereocenters. The number of hydrogen-bond donors (Lipinski definition) is 7. The number of aliphatic hydroxyl groups excluding tert-OH is 1. The van der Waals surface area contributed by atoms with Gasteiger partial charge in [0.15, 0.2) is 0 Å². The van der Waals surface area contributed by atoms with E-state index in [4.69, 9.17) is 0 Å². The number of nitrogens with one attached hydrogen (secondary N) is 6. The molecular weight excluding hydrogens is 582 g/mol. The topological polar surface area (TPSA) is 211 Å². The van der Waals surface area contributed by atoms with Crippen LogP contribution in [-0.2, 0) is 19.2 Å². The van der Waals surface area contributed by atoms with Gasteiger partial charge in [-0.15, -0.1) is 0 Å². The van der Waals surface area contributed by atoms with Crippen molar-refractivity contribution in [3.63, 3.8) is 0 Å². The molecule has 0 fully saturated rings. The van der Waals surface area contributed by atoms with Gasteiger partial charge in [0.2, 0.25) is 23.6 Å². The average Bonchev–Trinajstić information content (AvgIpc) is 2.97. The number of aromatic amines is 1. The van der Waals surface area contributed by atoms with Gasteiger partial charge in [0.1, 0.15) is 23.8 Å². The Morgan fingerprint density at radius 2 is 1.56 bits per heavy atom. The molecule has 0 spiro atoms. The van der Waals surface area contributed by atoms with Gasteiger partial charge in [0, 0.05) is 12.7 Å². The highest BCUT2D eigenvalue weighted by atomic mass is 16.3. The number of hydrogen-bond acceptors (Lipinski definition) is 8. The van der Waals surface area contributed by atoms with Gasteiger partial charge in [-0.2, -0.15) is 0 Å². The molecule has 0 saturated heterocycles. The Hall–Kier alpha value is -3.81. The Kier molecular flexibility index (Phi) is 17.0. The molecule has 14 nitrogen and oxygen atoms in total. The van der Waals surface area contributed by atoms with Crippen LogP contribution in [0.2, 0.25) is 0 Å². The number of aliphatic hydroxyl groups is 1. The third-order valence-corrected chi connectivity index (χ3v) is 7.43. The SMILES string of the molecule is CCC[C@H](NC(=O)[C@@H](NC(=O)c1c[nH]c(=O)cn1)[C@@H](C)CC)C(=O)N[C@@H](CC(C)C)[C@@H](O)CC(=O)N[C@H](C(=O)NCC)C(C)C. The van der Waals surface area contributed by atoms with Crippen molar-refractivity contribution in [3.8, 4) is 0 Å². The molecule has 0 unspecified atom stereocenters. The fraction of sp³-hybridized carbons (Fsp3) is 0.710. The molecule has 1 aromatic rings. The highest BCUT2D eigenvalue weighted by molar-refractivity contribution is 5.97. The zero-order valence-electron chi connectivity index (χ0n) is 27.9. The molecule has 7 N–H and O–H groups in total. The maximum absolute atomic E-state index is 13.5. The molecule has 45 heavy (non-hydrogen) atoms. The minimum absolute atomic E-state index is 0.0532. The van der Waals surface area contributed by atoms with E-state index in [9.17, 15) is 33.9 Å². The molecule has 0 saturated carbocycles. The summed E-state index contributed by atoms with van der Waals surface area (Å²) in [5.41, 5.74) is -0.546. The van der Waals surface area contributed by atoms with Crippen molar-refractivity contribution in [2.75, 3.05) is 6.54 Å². The first-order chi connectivity index (χ1) is 21.1. The minimum atomic E-state index is -1.26. The fourth-order valence-electron chi connectivity index (χ4n) is 4.69. The fourth-order valence-corrected chi connectivity index (χ4v) is 4.69. The lowest BCUT2D eigenvalue weighted by molar-refractivity contribution is -0.133. The number of carbonyl (C=O) groups excluding carboxylic acids is 5. The van der Waals surface area contributed by atoms with E-state index in [-0.39, 0.29) is 42.2 Å². The van der Waals surface area contributed by atoms with E-state index in [0.29, 0.717) is 25.8 Å². The lowest BCUT2D eigenvalue weighted by atomic mass is 9.95. The zero-order valence-corrected chi connectivity index (χ0v) is 27.9. The predicted molar refractivity (Wildman–Crippen MR) is 170 cm³/mol. The summed E-state index contributed by atoms with van der Waals surface area (Å²) in [4.78, 5) is 82.4. The van der Waals surface area contributed by atoms with Crippen LogP contribution < -0.4 is 32.1 Å². The Morgan fingerprint density at radius 1 is 0.889 bits per heavy atom. The van der Waals surface area contributed by atoms with Crippen molar-refractivity contribution in [1.82, 2.24) is 36.6 Å². The highest BCUT2D eigenvalue weighted by Gasteiger charge is 2.33. The molecule has 254 valence electrons. The van der Waals surface area contributed by atoms with E-state index in [0.717, 1.165) is 12.4 Å². The monoisotopic (exact) mass is 635 g/mol. The van der Waals surface area contributed by atoms with Crippen molar-refractivity contribution in [3.05, 3.63) is 28.4 Å². The molecule has 0 aromatic carbocycles. The normalized spacial score (nSPS) is 15.3. The molecular formula is C31H53N7O7. The van der Waals surface area contributed by atoms with Crippen LogP contribution in [0.15, 0.2) is 17.2 Å². The largest absolute Gasteiger partial charge is 0.390 e. The maximum Gasteiger partial charge on any atom is 0.272 e. The number of amides is 5. The summed E-state index contributed by atoms with van der Waals surface area (Å²) in [6.07, 6.45) is 2.26. The summed E-state index contributed by atoms with van der Waals surface area (Å²) in [7, 11) is 0. The number of nitrogens with zero attached hydrogens (tertiary/aromatic N) is 1. The van der Waals surface area contributed by atoms with E-state index in [1.165, 1.54) is 0 Å². The molecule has 1 rings (SSSR count). The van der Waals surface area contributed by atoms with Gasteiger partial charge in [-0.05, 0) is 37.5 Å². The number of carbonyl (C=O) groups is 5. The van der Waals surface area contributed by atoms with Crippen molar-refractivity contribution in [2.24, 2.45) is 17.8 Å². The van der Waals surface area contributed by atoms with E-state index in [1.807, 2.05) is 27.7 Å². The summed E-state index contributed by atoms with van der Waals surface area (Å²) in [6.45, 7) is 15.1. The first-order valence-electron chi connectivity index (χ1n) is 15.9. The Morgan fingerprint density at radius 3 is 2.07 bits per heavy atom. The number of rotatable bonds is 19. The summed E-state index contributed by atoms with van der Waals surface area (Å²) >= 11 is 0. The van der Waals surface area contributed by atoms with Crippen LogP contribution in [-0.4, -0.2) is 81.4 Å². The number of H-pyrrole nitrogens is 1. The Balaban J connectivity index is 3.06. The zero-order chi connectivity index (χ0) is 34.3. The third-order valence-electron chi connectivity index (χ3n) is 7.43. The second-order valence-corrected chi connectivity index (χ2v) is 12.2. The van der Waals surface area contributed by atoms with Crippen LogP contribution in [0.4, 0.5) is 0 Å². The van der Waals surface area contributed by atoms with Crippen molar-refractivity contribution in [2.45, 2.75) is 118 Å². The van der Waals surface area contributed by atoms with E-state index in [2.05, 4.69) is 36.6 Å². The van der Waals surface area contributed by atoms with Gasteiger partial charge in [0.25, 0.3) is 11.5 Å². The van der Waals surface area contributed by atoms with Crippen LogP contribution in [0.5, 0.6) is 0 Å². The second kappa shape index (κ2) is 19.6. The van der Waals surface area contributed by atoms with Gasteiger partial charge < -0.3 is 36.7 Å². The van der Waals surface area contributed by atoms with Crippen LogP contribution >= 0.6 is 0 Å². The molecule has 0 bridgehead atoms. The minimum Gasteiger partial charge on any atom is -0.390 e. The standard InChI is InChI=1S/C31H53N7O7/c1-9-12-20(35-31(45)27(19(8)10-2)38-29(43)22-15-34-25(41)16-33-22)28(42)36-21(13-17(4)5)23(39)14-24(40)37-26(18(6)7)30(44)32-11-3/h15-21,23,26-27,39H,9-14H2,1-8H3,(H,32,44)(H,34,41)(H,35,45)(H,36,42)(H,37,40)(H,38,43)/t19-,20-,21-,23-,26-,27-/m0/s1. The number of aromatic nitrogens is 2. The van der Waals surface area contributed by atoms with E-state index in [1.54, 1.807) is 27.7 Å². The molecule has 0 radical (unpaired) electrons.